The number of nitrogens with zero attached hydrogens (tertiary/aromatic N) is 1. The van der Waals surface area contributed by atoms with E-state index in [1.54, 1.807) is 23.1 Å². The third kappa shape index (κ3) is 2.78. The topological polar surface area (TPSA) is 3.88 Å². The highest BCUT2D eigenvalue weighted by Crippen LogP contribution is 2.20. The van der Waals surface area contributed by atoms with Gasteiger partial charge in [0.1, 0.15) is 0 Å². The Morgan fingerprint density at radius 2 is 1.75 bits per heavy atom. The van der Waals surface area contributed by atoms with Gasteiger partial charge in [-0.05, 0) is 24.9 Å². The molecule has 0 bridgehead atoms. The predicted molar refractivity (Wildman–Crippen MR) is 67.1 cm³/mol. The molecular weight excluding hydrogens is 349 g/mol. The van der Waals surface area contributed by atoms with Gasteiger partial charge in [-0.3, -0.25) is 0 Å². The molecular formula is C12H14INS2. The molecule has 1 aromatic carbocycles. The fraction of sp³-hybridized carbons (Fsp3) is 0.250. The van der Waals surface area contributed by atoms with Gasteiger partial charge in [0.25, 0.3) is 0 Å². The van der Waals surface area contributed by atoms with Crippen LogP contribution < -0.4 is 28.5 Å². The summed E-state index contributed by atoms with van der Waals surface area (Å²) in [5, 5.41) is 2.20. The fourth-order valence-corrected chi connectivity index (χ4v) is 3.22. The molecule has 16 heavy (non-hydrogen) atoms. The SMILES string of the molecule is CSc1scc(C)[n+]1-c1ccc(C)cc1.[I-]. The molecule has 1 heterocycles. The van der Waals surface area contributed by atoms with E-state index in [0.29, 0.717) is 0 Å². The van der Waals surface area contributed by atoms with Crippen molar-refractivity contribution < 1.29 is 28.5 Å². The molecule has 86 valence electrons. The van der Waals surface area contributed by atoms with Gasteiger partial charge in [-0.25, -0.2) is 0 Å². The minimum atomic E-state index is 0. The van der Waals surface area contributed by atoms with Gasteiger partial charge in [-0.1, -0.05) is 29.0 Å². The molecule has 0 unspecified atom stereocenters. The zero-order valence-corrected chi connectivity index (χ0v) is 13.3. The van der Waals surface area contributed by atoms with Crippen LogP contribution in [0.1, 0.15) is 11.3 Å². The Morgan fingerprint density at radius 3 is 2.31 bits per heavy atom. The van der Waals surface area contributed by atoms with Crippen LogP contribution in [0.5, 0.6) is 0 Å². The van der Waals surface area contributed by atoms with E-state index in [-0.39, 0.29) is 24.0 Å². The second kappa shape index (κ2) is 6.02. The van der Waals surface area contributed by atoms with Crippen LogP contribution in [0.3, 0.4) is 0 Å². The summed E-state index contributed by atoms with van der Waals surface area (Å²) in [7, 11) is 0. The average Bonchev–Trinajstić information content (AvgIpc) is 2.61. The number of rotatable bonds is 2. The first-order valence-electron chi connectivity index (χ1n) is 4.83. The third-order valence-corrected chi connectivity index (χ3v) is 4.50. The van der Waals surface area contributed by atoms with E-state index in [0.717, 1.165) is 0 Å². The zero-order valence-electron chi connectivity index (χ0n) is 9.53. The Balaban J connectivity index is 0.00000128. The Morgan fingerprint density at radius 1 is 1.12 bits per heavy atom. The Kier molecular flexibility index (Phi) is 5.27. The van der Waals surface area contributed by atoms with Gasteiger partial charge in [0.2, 0.25) is 5.69 Å². The highest BCUT2D eigenvalue weighted by Gasteiger charge is 2.18. The molecule has 0 aliphatic carbocycles. The summed E-state index contributed by atoms with van der Waals surface area (Å²) in [6, 6.07) is 8.66. The monoisotopic (exact) mass is 363 g/mol. The van der Waals surface area contributed by atoms with Crippen molar-refractivity contribution in [2.24, 2.45) is 0 Å². The Bertz CT molecular complexity index is 462. The summed E-state index contributed by atoms with van der Waals surface area (Å²) in [5.74, 6) is 0. The minimum Gasteiger partial charge on any atom is -1.00 e. The van der Waals surface area contributed by atoms with Crippen LogP contribution in [-0.2, 0) is 0 Å². The van der Waals surface area contributed by atoms with E-state index in [1.807, 2.05) is 0 Å². The molecule has 4 heteroatoms. The van der Waals surface area contributed by atoms with E-state index in [1.165, 1.54) is 21.3 Å². The number of benzene rings is 1. The zero-order chi connectivity index (χ0) is 10.8. The minimum absolute atomic E-state index is 0. The molecule has 2 aromatic rings. The molecule has 0 saturated carbocycles. The number of hydrogen-bond donors (Lipinski definition) is 0. The Labute approximate surface area is 122 Å². The first-order chi connectivity index (χ1) is 7.22. The number of aryl methyl sites for hydroxylation is 2. The number of hydrogen-bond acceptors (Lipinski definition) is 2. The molecule has 0 aliphatic rings. The van der Waals surface area contributed by atoms with Gasteiger partial charge in [0.05, 0.1) is 5.38 Å². The highest BCUT2D eigenvalue weighted by molar-refractivity contribution is 8.00. The molecule has 0 radical (unpaired) electrons. The van der Waals surface area contributed by atoms with Gasteiger partial charge >= 0.3 is 4.34 Å². The van der Waals surface area contributed by atoms with Gasteiger partial charge in [0, 0.05) is 19.1 Å². The second-order valence-electron chi connectivity index (χ2n) is 3.52. The largest absolute Gasteiger partial charge is 1.00 e. The van der Waals surface area contributed by atoms with E-state index >= 15 is 0 Å². The second-order valence-corrected chi connectivity index (χ2v) is 5.43. The third-order valence-electron chi connectivity index (χ3n) is 2.33. The van der Waals surface area contributed by atoms with Gasteiger partial charge in [-0.2, -0.15) is 0 Å². The van der Waals surface area contributed by atoms with Crippen molar-refractivity contribution in [1.82, 2.24) is 0 Å². The lowest BCUT2D eigenvalue weighted by molar-refractivity contribution is -0.634. The maximum Gasteiger partial charge on any atom is 0.303 e. The number of aromatic nitrogens is 1. The van der Waals surface area contributed by atoms with Gasteiger partial charge in [-0.15, -0.1) is 4.57 Å². The maximum atomic E-state index is 2.30. The van der Waals surface area contributed by atoms with Crippen LogP contribution in [0.25, 0.3) is 5.69 Å². The maximum absolute atomic E-state index is 2.30. The van der Waals surface area contributed by atoms with Crippen LogP contribution in [0, 0.1) is 13.8 Å². The first kappa shape index (κ1) is 14.0. The van der Waals surface area contributed by atoms with Crippen LogP contribution in [0.15, 0.2) is 34.0 Å². The van der Waals surface area contributed by atoms with Crippen molar-refractivity contribution in [3.8, 4) is 5.69 Å². The molecule has 0 fully saturated rings. The molecule has 0 saturated heterocycles. The van der Waals surface area contributed by atoms with E-state index in [9.17, 15) is 0 Å². The van der Waals surface area contributed by atoms with Crippen LogP contribution in [0.4, 0.5) is 0 Å². The van der Waals surface area contributed by atoms with Crippen molar-refractivity contribution >= 4 is 23.1 Å². The summed E-state index contributed by atoms with van der Waals surface area (Å²) >= 11 is 3.60. The number of thioether (sulfide) groups is 1. The quantitative estimate of drug-likeness (QED) is 0.424. The molecule has 0 atom stereocenters. The van der Waals surface area contributed by atoms with Crippen molar-refractivity contribution in [3.63, 3.8) is 0 Å². The van der Waals surface area contributed by atoms with Crippen LogP contribution >= 0.6 is 23.1 Å². The molecule has 2 rings (SSSR count). The molecule has 1 nitrogen and oxygen atoms in total. The van der Waals surface area contributed by atoms with Crippen molar-refractivity contribution in [2.45, 2.75) is 18.2 Å². The van der Waals surface area contributed by atoms with E-state index < -0.39 is 0 Å². The van der Waals surface area contributed by atoms with Crippen molar-refractivity contribution in [2.75, 3.05) is 6.26 Å². The Hall–Kier alpha value is -0.0700. The first-order valence-corrected chi connectivity index (χ1v) is 6.94. The van der Waals surface area contributed by atoms with Crippen molar-refractivity contribution in [3.05, 3.63) is 40.9 Å². The van der Waals surface area contributed by atoms with Crippen LogP contribution in [-0.4, -0.2) is 6.26 Å². The van der Waals surface area contributed by atoms with Crippen LogP contribution in [0.2, 0.25) is 0 Å². The summed E-state index contributed by atoms with van der Waals surface area (Å²) in [5.41, 5.74) is 3.86. The van der Waals surface area contributed by atoms with Crippen molar-refractivity contribution in [1.29, 1.82) is 0 Å². The number of thiazole rings is 1. The predicted octanol–water partition coefficient (Wildman–Crippen LogP) is 0.368. The van der Waals surface area contributed by atoms with E-state index in [2.05, 4.69) is 54.3 Å². The van der Waals surface area contributed by atoms with E-state index in [4.69, 9.17) is 0 Å². The summed E-state index contributed by atoms with van der Waals surface area (Å²) in [4.78, 5) is 0. The highest BCUT2D eigenvalue weighted by atomic mass is 127. The smallest absolute Gasteiger partial charge is 0.303 e. The summed E-state index contributed by atoms with van der Waals surface area (Å²) < 4.78 is 3.63. The molecule has 0 aliphatic heterocycles. The summed E-state index contributed by atoms with van der Waals surface area (Å²) in [6.45, 7) is 4.26. The lowest BCUT2D eigenvalue weighted by atomic mass is 10.2. The fourth-order valence-electron chi connectivity index (χ4n) is 1.53. The molecule has 1 aromatic heterocycles. The van der Waals surface area contributed by atoms with Gasteiger partial charge < -0.3 is 24.0 Å². The lowest BCUT2D eigenvalue weighted by Gasteiger charge is -1.97. The molecule has 0 amide bonds. The summed E-state index contributed by atoms with van der Waals surface area (Å²) in [6.07, 6.45) is 2.12. The number of halogens is 1. The standard InChI is InChI=1S/C12H14NS2.HI/c1-9-4-6-11(7-5-9)13-10(2)8-15-12(13)14-3;/h4-8H,1-3H3;1H/q+1;/p-1. The normalized spacial score (nSPS) is 9.94. The molecule has 0 N–H and O–H groups in total. The lowest BCUT2D eigenvalue weighted by Crippen LogP contribution is -3.00. The molecule has 0 spiro atoms. The average molecular weight is 363 g/mol. The van der Waals surface area contributed by atoms with Gasteiger partial charge in [0.15, 0.2) is 5.69 Å².